The molecular formula is C15H9ClN2O3. The molecule has 21 heavy (non-hydrogen) atoms. The standard InChI is InChI=1S/C15H9ClN2O3/c16-10-6-4-9(5-7-10)13-8-12-11(15(19)17-13)2-1-3-14(12)18(20)21/h1-7H,8H2. The Hall–Kier alpha value is -2.53. The van der Waals surface area contributed by atoms with Crippen LogP contribution in [0, 0.1) is 10.1 Å². The van der Waals surface area contributed by atoms with Crippen molar-refractivity contribution in [3.63, 3.8) is 0 Å². The third-order valence-electron chi connectivity index (χ3n) is 3.34. The van der Waals surface area contributed by atoms with E-state index in [2.05, 4.69) is 4.99 Å². The van der Waals surface area contributed by atoms with E-state index in [1.165, 1.54) is 12.1 Å². The van der Waals surface area contributed by atoms with Gasteiger partial charge in [-0.05, 0) is 23.8 Å². The molecule has 104 valence electrons. The predicted molar refractivity (Wildman–Crippen MR) is 79.1 cm³/mol. The fourth-order valence-corrected chi connectivity index (χ4v) is 2.46. The Morgan fingerprint density at radius 2 is 1.86 bits per heavy atom. The maximum absolute atomic E-state index is 12.1. The van der Waals surface area contributed by atoms with Crippen LogP contribution in [0.15, 0.2) is 47.5 Å². The zero-order valence-corrected chi connectivity index (χ0v) is 11.5. The number of aliphatic imine (C=N–C) groups is 1. The van der Waals surface area contributed by atoms with Gasteiger partial charge in [0.25, 0.3) is 11.6 Å². The van der Waals surface area contributed by atoms with Crippen LogP contribution in [-0.2, 0) is 6.42 Å². The highest BCUT2D eigenvalue weighted by Crippen LogP contribution is 2.28. The third kappa shape index (κ3) is 2.43. The van der Waals surface area contributed by atoms with Crippen LogP contribution in [-0.4, -0.2) is 16.5 Å². The molecule has 1 amide bonds. The number of hydrogen-bond donors (Lipinski definition) is 0. The van der Waals surface area contributed by atoms with Crippen LogP contribution in [0.2, 0.25) is 5.02 Å². The first-order valence-electron chi connectivity index (χ1n) is 6.20. The maximum atomic E-state index is 12.1. The molecule has 0 saturated carbocycles. The highest BCUT2D eigenvalue weighted by atomic mass is 35.5. The van der Waals surface area contributed by atoms with Crippen LogP contribution in [0.4, 0.5) is 5.69 Å². The molecule has 0 radical (unpaired) electrons. The van der Waals surface area contributed by atoms with Gasteiger partial charge >= 0.3 is 0 Å². The van der Waals surface area contributed by atoms with E-state index >= 15 is 0 Å². The molecule has 1 aliphatic rings. The van der Waals surface area contributed by atoms with Crippen LogP contribution in [0.25, 0.3) is 0 Å². The Balaban J connectivity index is 2.08. The highest BCUT2D eigenvalue weighted by Gasteiger charge is 2.27. The summed E-state index contributed by atoms with van der Waals surface area (Å²) >= 11 is 5.83. The number of fused-ring (bicyclic) bond motifs is 1. The average Bonchev–Trinajstić information content (AvgIpc) is 2.47. The zero-order chi connectivity index (χ0) is 15.0. The molecule has 2 aromatic rings. The number of carbonyl (C=O) groups excluding carboxylic acids is 1. The van der Waals surface area contributed by atoms with Gasteiger partial charge in [-0.1, -0.05) is 29.8 Å². The fraction of sp³-hybridized carbons (Fsp3) is 0.0667. The van der Waals surface area contributed by atoms with Gasteiger partial charge < -0.3 is 0 Å². The van der Waals surface area contributed by atoms with Crippen LogP contribution >= 0.6 is 11.6 Å². The molecule has 0 spiro atoms. The smallest absolute Gasteiger partial charge is 0.267 e. The molecule has 6 heteroatoms. The summed E-state index contributed by atoms with van der Waals surface area (Å²) in [6, 6.07) is 11.3. The second kappa shape index (κ2) is 5.10. The number of carbonyl (C=O) groups is 1. The third-order valence-corrected chi connectivity index (χ3v) is 3.59. The lowest BCUT2D eigenvalue weighted by Gasteiger charge is -2.15. The lowest BCUT2D eigenvalue weighted by molar-refractivity contribution is -0.385. The molecule has 0 fully saturated rings. The predicted octanol–water partition coefficient (Wildman–Crippen LogP) is 3.43. The summed E-state index contributed by atoms with van der Waals surface area (Å²) in [7, 11) is 0. The lowest BCUT2D eigenvalue weighted by Crippen LogP contribution is -2.18. The van der Waals surface area contributed by atoms with Crippen molar-refractivity contribution >= 4 is 28.9 Å². The van der Waals surface area contributed by atoms with Crippen LogP contribution in [0.5, 0.6) is 0 Å². The Morgan fingerprint density at radius 3 is 2.52 bits per heavy atom. The normalized spacial score (nSPS) is 13.6. The Morgan fingerprint density at radius 1 is 1.14 bits per heavy atom. The molecule has 2 aromatic carbocycles. The largest absolute Gasteiger partial charge is 0.277 e. The van der Waals surface area contributed by atoms with Gasteiger partial charge in [0.1, 0.15) is 0 Å². The molecule has 0 bridgehead atoms. The van der Waals surface area contributed by atoms with E-state index in [1.54, 1.807) is 30.3 Å². The summed E-state index contributed by atoms with van der Waals surface area (Å²) < 4.78 is 0. The number of amides is 1. The van der Waals surface area contributed by atoms with E-state index in [9.17, 15) is 14.9 Å². The van der Waals surface area contributed by atoms with Crippen LogP contribution < -0.4 is 0 Å². The highest BCUT2D eigenvalue weighted by molar-refractivity contribution is 6.30. The monoisotopic (exact) mass is 300 g/mol. The van der Waals surface area contributed by atoms with E-state index in [0.29, 0.717) is 21.9 Å². The van der Waals surface area contributed by atoms with Crippen molar-refractivity contribution in [2.45, 2.75) is 6.42 Å². The molecule has 0 N–H and O–H groups in total. The average molecular weight is 301 g/mol. The molecule has 1 aliphatic heterocycles. The molecule has 3 rings (SSSR count). The molecule has 0 unspecified atom stereocenters. The van der Waals surface area contributed by atoms with Crippen molar-refractivity contribution in [1.29, 1.82) is 0 Å². The van der Waals surface area contributed by atoms with Gasteiger partial charge in [-0.2, -0.15) is 0 Å². The molecule has 5 nitrogen and oxygen atoms in total. The van der Waals surface area contributed by atoms with Gasteiger partial charge in [0.05, 0.1) is 16.2 Å². The van der Waals surface area contributed by atoms with E-state index < -0.39 is 10.8 Å². The minimum Gasteiger partial charge on any atom is -0.267 e. The van der Waals surface area contributed by atoms with Crippen LogP contribution in [0.3, 0.4) is 0 Å². The van der Waals surface area contributed by atoms with E-state index in [0.717, 1.165) is 5.56 Å². The second-order valence-corrected chi connectivity index (χ2v) is 5.04. The SMILES string of the molecule is O=C1N=C(c2ccc(Cl)cc2)Cc2c1cccc2[N+](=O)[O-]. The van der Waals surface area contributed by atoms with E-state index in [1.807, 2.05) is 0 Å². The number of rotatable bonds is 2. The Labute approximate surface area is 125 Å². The number of nitrogens with zero attached hydrogens (tertiary/aromatic N) is 2. The maximum Gasteiger partial charge on any atom is 0.277 e. The topological polar surface area (TPSA) is 72.6 Å². The quantitative estimate of drug-likeness (QED) is 0.630. The minimum absolute atomic E-state index is 0.0535. The number of benzene rings is 2. The fourth-order valence-electron chi connectivity index (χ4n) is 2.33. The van der Waals surface area contributed by atoms with Crippen molar-refractivity contribution in [2.75, 3.05) is 0 Å². The van der Waals surface area contributed by atoms with Gasteiger partial charge in [-0.25, -0.2) is 4.99 Å². The molecule has 0 aliphatic carbocycles. The summed E-state index contributed by atoms with van der Waals surface area (Å²) in [5, 5.41) is 11.7. The molecular weight excluding hydrogens is 292 g/mol. The van der Waals surface area contributed by atoms with Crippen molar-refractivity contribution in [2.24, 2.45) is 4.99 Å². The molecule has 0 atom stereocenters. The van der Waals surface area contributed by atoms with Gasteiger partial charge in [-0.15, -0.1) is 0 Å². The van der Waals surface area contributed by atoms with E-state index in [-0.39, 0.29) is 12.1 Å². The Kier molecular flexibility index (Phi) is 3.27. The summed E-state index contributed by atoms with van der Waals surface area (Å²) in [6.45, 7) is 0. The van der Waals surface area contributed by atoms with Gasteiger partial charge in [-0.3, -0.25) is 14.9 Å². The van der Waals surface area contributed by atoms with Crippen molar-refractivity contribution in [3.05, 3.63) is 74.3 Å². The first-order valence-corrected chi connectivity index (χ1v) is 6.58. The van der Waals surface area contributed by atoms with Crippen molar-refractivity contribution in [3.8, 4) is 0 Å². The minimum atomic E-state index is -0.475. The molecule has 0 saturated heterocycles. The number of nitro benzene ring substituents is 1. The van der Waals surface area contributed by atoms with Gasteiger partial charge in [0.15, 0.2) is 0 Å². The van der Waals surface area contributed by atoms with Gasteiger partial charge in [0.2, 0.25) is 0 Å². The summed E-state index contributed by atoms with van der Waals surface area (Å²) in [4.78, 5) is 26.7. The first kappa shape index (κ1) is 13.5. The second-order valence-electron chi connectivity index (χ2n) is 4.61. The number of halogens is 1. The zero-order valence-electron chi connectivity index (χ0n) is 10.7. The molecule has 1 heterocycles. The van der Waals surface area contributed by atoms with Crippen molar-refractivity contribution < 1.29 is 9.72 Å². The number of hydrogen-bond acceptors (Lipinski definition) is 3. The van der Waals surface area contributed by atoms with Crippen molar-refractivity contribution in [1.82, 2.24) is 0 Å². The summed E-state index contributed by atoms with van der Waals surface area (Å²) in [6.07, 6.45) is 0.250. The van der Waals surface area contributed by atoms with Gasteiger partial charge in [0, 0.05) is 23.1 Å². The van der Waals surface area contributed by atoms with E-state index in [4.69, 9.17) is 11.6 Å². The summed E-state index contributed by atoms with van der Waals surface area (Å²) in [5.41, 5.74) is 1.89. The van der Waals surface area contributed by atoms with Crippen LogP contribution in [0.1, 0.15) is 21.5 Å². The lowest BCUT2D eigenvalue weighted by atomic mass is 9.93. The Bertz CT molecular complexity index is 782. The first-order chi connectivity index (χ1) is 10.1. The molecule has 0 aromatic heterocycles. The number of nitro groups is 1. The summed E-state index contributed by atoms with van der Waals surface area (Å²) in [5.74, 6) is -0.454.